The van der Waals surface area contributed by atoms with Crippen molar-refractivity contribution in [2.45, 2.75) is 34.3 Å². The quantitative estimate of drug-likeness (QED) is 0.406. The van der Waals surface area contributed by atoms with Gasteiger partial charge in [0.05, 0.1) is 0 Å². The fourth-order valence-corrected chi connectivity index (χ4v) is 9.61. The first-order valence-corrected chi connectivity index (χ1v) is 22.2. The van der Waals surface area contributed by atoms with E-state index in [4.69, 9.17) is 0 Å². The molecular weight excluding hydrogens is 438 g/mol. The van der Waals surface area contributed by atoms with Gasteiger partial charge in [-0.3, -0.25) is 0 Å². The van der Waals surface area contributed by atoms with Crippen LogP contribution in [0.4, 0.5) is 0 Å². The third kappa shape index (κ3) is 4.03. The third-order valence-electron chi connectivity index (χ3n) is 4.76. The molecule has 0 nitrogen and oxygen atoms in total. The molecule has 134 valence electrons. The Hall–Kier alpha value is -1.22. The zero-order valence-electron chi connectivity index (χ0n) is 16.8. The second-order valence-corrected chi connectivity index (χ2v) is 27.5. The van der Waals surface area contributed by atoms with E-state index in [9.17, 15) is 0 Å². The first-order chi connectivity index (χ1) is 12.2. The molecule has 0 aliphatic carbocycles. The average molecular weight is 468 g/mol. The van der Waals surface area contributed by atoms with Gasteiger partial charge in [-0.15, -0.1) is 0 Å². The van der Waals surface area contributed by atoms with Crippen LogP contribution in [0.15, 0.2) is 72.8 Å². The molecular formula is C24H30As2+2. The number of rotatable bonds is 4. The summed E-state index contributed by atoms with van der Waals surface area (Å²) in [5, 5.41) is 0. The molecule has 0 heterocycles. The van der Waals surface area contributed by atoms with E-state index in [2.05, 4.69) is 107 Å². The molecule has 0 saturated heterocycles. The Morgan fingerprint density at radius 2 is 0.654 bits per heavy atom. The molecule has 0 spiro atoms. The van der Waals surface area contributed by atoms with E-state index in [1.807, 2.05) is 0 Å². The van der Waals surface area contributed by atoms with Crippen molar-refractivity contribution in [1.82, 2.24) is 0 Å². The summed E-state index contributed by atoms with van der Waals surface area (Å²) >= 11 is -3.58. The first kappa shape index (κ1) is 19.5. The fraction of sp³-hybridized carbons (Fsp3) is 0.250. The average Bonchev–Trinajstić information content (AvgIpc) is 2.60. The van der Waals surface area contributed by atoms with Crippen molar-refractivity contribution in [2.75, 3.05) is 0 Å². The summed E-state index contributed by atoms with van der Waals surface area (Å²) in [5.74, 6) is 0. The number of hydrogen-bond acceptors (Lipinski definition) is 0. The SMILES string of the molecule is C[As+](C)(C)c1ccccc1-c1ccccc1-c1ccccc1[As+](C)(C)C. The van der Waals surface area contributed by atoms with Crippen LogP contribution in [0.2, 0.25) is 34.3 Å². The summed E-state index contributed by atoms with van der Waals surface area (Å²) in [4.78, 5) is 0. The molecule has 0 N–H and O–H groups in total. The molecule has 0 aliphatic heterocycles. The van der Waals surface area contributed by atoms with Gasteiger partial charge in [-0.25, -0.2) is 0 Å². The third-order valence-corrected chi connectivity index (χ3v) is 12.5. The summed E-state index contributed by atoms with van der Waals surface area (Å²) in [6, 6.07) is 27.1. The molecule has 0 bridgehead atoms. The summed E-state index contributed by atoms with van der Waals surface area (Å²) in [6.45, 7) is 0. The van der Waals surface area contributed by atoms with E-state index in [1.165, 1.54) is 22.3 Å². The number of benzene rings is 3. The minimum absolute atomic E-state index is 1.39. The second kappa shape index (κ2) is 7.42. The van der Waals surface area contributed by atoms with E-state index in [-0.39, 0.29) is 0 Å². The van der Waals surface area contributed by atoms with Crippen molar-refractivity contribution < 1.29 is 0 Å². The van der Waals surface area contributed by atoms with E-state index >= 15 is 0 Å². The molecule has 26 heavy (non-hydrogen) atoms. The second-order valence-electron chi connectivity index (χ2n) is 8.60. The molecule has 3 aromatic rings. The zero-order valence-corrected chi connectivity index (χ0v) is 20.6. The minimum atomic E-state index is -1.79. The Kier molecular flexibility index (Phi) is 5.57. The van der Waals surface area contributed by atoms with Crippen LogP contribution in [0.3, 0.4) is 0 Å². The summed E-state index contributed by atoms with van der Waals surface area (Å²) in [6.07, 6.45) is 0. The molecule has 0 aromatic heterocycles. The van der Waals surface area contributed by atoms with Crippen molar-refractivity contribution in [2.24, 2.45) is 0 Å². The van der Waals surface area contributed by atoms with Crippen LogP contribution in [0.5, 0.6) is 0 Å². The molecule has 0 aliphatic rings. The Balaban J connectivity index is 2.29. The summed E-state index contributed by atoms with van der Waals surface area (Å²) < 4.78 is 3.15. The first-order valence-electron chi connectivity index (χ1n) is 9.11. The van der Waals surface area contributed by atoms with Crippen LogP contribution >= 0.6 is 0 Å². The monoisotopic (exact) mass is 468 g/mol. The van der Waals surface area contributed by atoms with Crippen LogP contribution in [0.1, 0.15) is 0 Å². The summed E-state index contributed by atoms with van der Waals surface area (Å²) in [5.41, 5.74) is 20.4. The fourth-order valence-electron chi connectivity index (χ4n) is 3.53. The predicted octanol–water partition coefficient (Wildman–Crippen LogP) is 6.11. The molecule has 2 heteroatoms. The molecule has 0 atom stereocenters. The van der Waals surface area contributed by atoms with Gasteiger partial charge in [0.25, 0.3) is 0 Å². The van der Waals surface area contributed by atoms with Crippen molar-refractivity contribution in [3.8, 4) is 22.3 Å². The van der Waals surface area contributed by atoms with Crippen molar-refractivity contribution in [1.29, 1.82) is 0 Å². The maximum absolute atomic E-state index is 2.47. The van der Waals surface area contributed by atoms with Gasteiger partial charge in [0.15, 0.2) is 0 Å². The molecule has 0 amide bonds. The Morgan fingerprint density at radius 1 is 0.385 bits per heavy atom. The van der Waals surface area contributed by atoms with Gasteiger partial charge in [-0.2, -0.15) is 0 Å². The molecule has 0 saturated carbocycles. The molecule has 0 fully saturated rings. The molecule has 3 rings (SSSR count). The van der Waals surface area contributed by atoms with Crippen molar-refractivity contribution in [3.05, 3.63) is 72.8 Å². The van der Waals surface area contributed by atoms with Gasteiger partial charge >= 0.3 is 165 Å². The summed E-state index contributed by atoms with van der Waals surface area (Å²) in [7, 11) is 0. The van der Waals surface area contributed by atoms with Crippen LogP contribution < -0.4 is 8.70 Å². The van der Waals surface area contributed by atoms with Gasteiger partial charge in [0, 0.05) is 0 Å². The van der Waals surface area contributed by atoms with E-state index in [0.717, 1.165) is 0 Å². The zero-order chi connectivity index (χ0) is 18.9. The van der Waals surface area contributed by atoms with Crippen LogP contribution in [0.25, 0.3) is 22.3 Å². The predicted molar refractivity (Wildman–Crippen MR) is 123 cm³/mol. The van der Waals surface area contributed by atoms with Gasteiger partial charge < -0.3 is 0 Å². The molecule has 0 unspecified atom stereocenters. The van der Waals surface area contributed by atoms with Crippen LogP contribution in [-0.4, -0.2) is 27.1 Å². The van der Waals surface area contributed by atoms with E-state index in [0.29, 0.717) is 0 Å². The number of hydrogen-bond donors (Lipinski definition) is 0. The maximum atomic E-state index is 2.47. The normalized spacial score (nSPS) is 12.2. The van der Waals surface area contributed by atoms with E-state index < -0.39 is 27.1 Å². The van der Waals surface area contributed by atoms with Crippen molar-refractivity contribution >= 4 is 35.8 Å². The molecule has 0 radical (unpaired) electrons. The molecule has 3 aromatic carbocycles. The van der Waals surface area contributed by atoms with Gasteiger partial charge in [-0.1, -0.05) is 0 Å². The van der Waals surface area contributed by atoms with Crippen molar-refractivity contribution in [3.63, 3.8) is 0 Å². The topological polar surface area (TPSA) is 0 Å². The Labute approximate surface area is 164 Å². The van der Waals surface area contributed by atoms with Crippen LogP contribution in [0, 0.1) is 0 Å². The Morgan fingerprint density at radius 3 is 0.962 bits per heavy atom. The standard InChI is InChI=1S/C24H30As2/c1-25(2,3)23-17-11-9-15-21(23)19-13-7-8-14-20(19)22-16-10-12-18-24(22)26(4,5)6/h7-18H,1-6H3/q+2. The van der Waals surface area contributed by atoms with Gasteiger partial charge in [0.2, 0.25) is 0 Å². The van der Waals surface area contributed by atoms with Gasteiger partial charge in [-0.05, 0) is 0 Å². The van der Waals surface area contributed by atoms with Crippen LogP contribution in [-0.2, 0) is 0 Å². The van der Waals surface area contributed by atoms with Gasteiger partial charge in [0.1, 0.15) is 0 Å². The Bertz CT molecular complexity index is 835. The van der Waals surface area contributed by atoms with E-state index in [1.54, 1.807) is 8.70 Å².